The van der Waals surface area contributed by atoms with Gasteiger partial charge in [-0.1, -0.05) is 11.6 Å². The first-order valence-corrected chi connectivity index (χ1v) is 6.21. The Kier molecular flexibility index (Phi) is 3.88. The van der Waals surface area contributed by atoms with Crippen LogP contribution in [-0.2, 0) is 0 Å². The molecule has 0 amide bonds. The summed E-state index contributed by atoms with van der Waals surface area (Å²) in [4.78, 5) is 2.12. The van der Waals surface area contributed by atoms with Crippen molar-refractivity contribution in [2.24, 2.45) is 0 Å². The van der Waals surface area contributed by atoms with E-state index in [9.17, 15) is 5.11 Å². The Hall–Kier alpha value is -1.24. The van der Waals surface area contributed by atoms with Crippen LogP contribution in [0, 0.1) is 11.3 Å². The van der Waals surface area contributed by atoms with Gasteiger partial charge >= 0.3 is 0 Å². The summed E-state index contributed by atoms with van der Waals surface area (Å²) in [7, 11) is 0. The fourth-order valence-electron chi connectivity index (χ4n) is 2.36. The Bertz CT molecular complexity index is 442. The number of aliphatic hydroxyl groups is 1. The number of nitriles is 1. The van der Waals surface area contributed by atoms with Crippen molar-refractivity contribution in [3.05, 3.63) is 28.8 Å². The van der Waals surface area contributed by atoms with Crippen molar-refractivity contribution in [3.8, 4) is 6.07 Å². The minimum absolute atomic E-state index is 0.122. The van der Waals surface area contributed by atoms with Crippen molar-refractivity contribution in [1.29, 1.82) is 5.26 Å². The second kappa shape index (κ2) is 5.39. The molecule has 1 aromatic rings. The van der Waals surface area contributed by atoms with Gasteiger partial charge in [0.1, 0.15) is 6.07 Å². The highest BCUT2D eigenvalue weighted by Crippen LogP contribution is 2.29. The van der Waals surface area contributed by atoms with E-state index in [1.807, 2.05) is 6.07 Å². The van der Waals surface area contributed by atoms with Gasteiger partial charge in [-0.25, -0.2) is 0 Å². The maximum atomic E-state index is 9.39. The molecule has 1 atom stereocenters. The monoisotopic (exact) mass is 250 g/mol. The van der Waals surface area contributed by atoms with Crippen molar-refractivity contribution in [1.82, 2.24) is 0 Å². The SMILES string of the molecule is N#Cc1cc(Cl)ccc1N1CCCCC1CO. The van der Waals surface area contributed by atoms with E-state index in [4.69, 9.17) is 16.9 Å². The van der Waals surface area contributed by atoms with Crippen LogP contribution in [0.5, 0.6) is 0 Å². The van der Waals surface area contributed by atoms with Crippen molar-refractivity contribution >= 4 is 17.3 Å². The van der Waals surface area contributed by atoms with Gasteiger partial charge in [-0.3, -0.25) is 0 Å². The zero-order chi connectivity index (χ0) is 12.3. The van der Waals surface area contributed by atoms with E-state index >= 15 is 0 Å². The molecule has 0 aliphatic carbocycles. The van der Waals surface area contributed by atoms with Gasteiger partial charge in [0.25, 0.3) is 0 Å². The lowest BCUT2D eigenvalue weighted by Gasteiger charge is -2.37. The largest absolute Gasteiger partial charge is 0.394 e. The second-order valence-electron chi connectivity index (χ2n) is 4.30. The topological polar surface area (TPSA) is 47.3 Å². The molecule has 1 heterocycles. The summed E-state index contributed by atoms with van der Waals surface area (Å²) >= 11 is 5.89. The molecule has 3 nitrogen and oxygen atoms in total. The van der Waals surface area contributed by atoms with Gasteiger partial charge in [0.05, 0.1) is 23.9 Å². The average Bonchev–Trinajstić information content (AvgIpc) is 2.38. The number of rotatable bonds is 2. The zero-order valence-electron chi connectivity index (χ0n) is 9.56. The number of piperidine rings is 1. The lowest BCUT2D eigenvalue weighted by atomic mass is 10.0. The molecule has 4 heteroatoms. The van der Waals surface area contributed by atoms with Crippen molar-refractivity contribution in [3.63, 3.8) is 0 Å². The van der Waals surface area contributed by atoms with Gasteiger partial charge in [-0.15, -0.1) is 0 Å². The number of aliphatic hydroxyl groups excluding tert-OH is 1. The molecule has 0 spiro atoms. The molecular formula is C13H15ClN2O. The van der Waals surface area contributed by atoms with Crippen LogP contribution >= 0.6 is 11.6 Å². The van der Waals surface area contributed by atoms with Gasteiger partial charge in [-0.2, -0.15) is 5.26 Å². The highest BCUT2D eigenvalue weighted by atomic mass is 35.5. The number of anilines is 1. The summed E-state index contributed by atoms with van der Waals surface area (Å²) in [5.41, 5.74) is 1.47. The standard InChI is InChI=1S/C13H15ClN2O/c14-11-4-5-13(10(7-11)8-15)16-6-2-1-3-12(16)9-17/h4-5,7,12,17H,1-3,6,9H2. The summed E-state index contributed by atoms with van der Waals surface area (Å²) in [6.45, 7) is 1.02. The maximum Gasteiger partial charge on any atom is 0.101 e. The van der Waals surface area contributed by atoms with E-state index in [1.165, 1.54) is 0 Å². The van der Waals surface area contributed by atoms with Crippen molar-refractivity contribution in [2.75, 3.05) is 18.1 Å². The Morgan fingerprint density at radius 1 is 1.47 bits per heavy atom. The lowest BCUT2D eigenvalue weighted by molar-refractivity contribution is 0.240. The zero-order valence-corrected chi connectivity index (χ0v) is 10.3. The average molecular weight is 251 g/mol. The minimum Gasteiger partial charge on any atom is -0.394 e. The van der Waals surface area contributed by atoms with Crippen molar-refractivity contribution in [2.45, 2.75) is 25.3 Å². The van der Waals surface area contributed by atoms with Crippen LogP contribution < -0.4 is 4.90 Å². The number of halogens is 1. The van der Waals surface area contributed by atoms with Crippen LogP contribution in [-0.4, -0.2) is 24.3 Å². The molecule has 1 saturated heterocycles. The first-order valence-electron chi connectivity index (χ1n) is 5.83. The van der Waals surface area contributed by atoms with Crippen LogP contribution in [0.15, 0.2) is 18.2 Å². The number of hydrogen-bond acceptors (Lipinski definition) is 3. The summed E-state index contributed by atoms with van der Waals surface area (Å²) in [5, 5.41) is 19.1. The van der Waals surface area contributed by atoms with E-state index in [-0.39, 0.29) is 12.6 Å². The molecule has 90 valence electrons. The third-order valence-electron chi connectivity index (χ3n) is 3.23. The fourth-order valence-corrected chi connectivity index (χ4v) is 2.53. The van der Waals surface area contributed by atoms with E-state index in [0.717, 1.165) is 31.5 Å². The molecule has 1 aliphatic rings. The van der Waals surface area contributed by atoms with E-state index in [2.05, 4.69) is 11.0 Å². The number of hydrogen-bond donors (Lipinski definition) is 1. The van der Waals surface area contributed by atoms with Gasteiger partial charge in [0, 0.05) is 11.6 Å². The van der Waals surface area contributed by atoms with Gasteiger partial charge in [-0.05, 0) is 37.5 Å². The molecule has 17 heavy (non-hydrogen) atoms. The summed E-state index contributed by atoms with van der Waals surface area (Å²) < 4.78 is 0. The molecule has 1 aliphatic heterocycles. The first kappa shape index (κ1) is 12.2. The molecule has 0 radical (unpaired) electrons. The summed E-state index contributed by atoms with van der Waals surface area (Å²) in [6, 6.07) is 7.64. The molecule has 2 rings (SSSR count). The van der Waals surface area contributed by atoms with Crippen LogP contribution in [0.4, 0.5) is 5.69 Å². The highest BCUT2D eigenvalue weighted by molar-refractivity contribution is 6.30. The van der Waals surface area contributed by atoms with E-state index < -0.39 is 0 Å². The fraction of sp³-hybridized carbons (Fsp3) is 0.462. The summed E-state index contributed by atoms with van der Waals surface area (Å²) in [5.74, 6) is 0. The molecule has 0 saturated carbocycles. The van der Waals surface area contributed by atoms with Gasteiger partial charge in [0.15, 0.2) is 0 Å². The minimum atomic E-state index is 0.122. The lowest BCUT2D eigenvalue weighted by Crippen LogP contribution is -2.42. The van der Waals surface area contributed by atoms with Crippen molar-refractivity contribution < 1.29 is 5.11 Å². The third-order valence-corrected chi connectivity index (χ3v) is 3.46. The van der Waals surface area contributed by atoms with Gasteiger partial charge < -0.3 is 10.0 Å². The van der Waals surface area contributed by atoms with Crippen LogP contribution in [0.3, 0.4) is 0 Å². The van der Waals surface area contributed by atoms with Crippen LogP contribution in [0.1, 0.15) is 24.8 Å². The molecule has 1 aromatic carbocycles. The third kappa shape index (κ3) is 2.54. The number of nitrogens with zero attached hydrogens (tertiary/aromatic N) is 2. The molecule has 1 N–H and O–H groups in total. The number of benzene rings is 1. The smallest absolute Gasteiger partial charge is 0.101 e. The quantitative estimate of drug-likeness (QED) is 0.878. The van der Waals surface area contributed by atoms with E-state index in [0.29, 0.717) is 10.6 Å². The maximum absolute atomic E-state index is 9.39. The second-order valence-corrected chi connectivity index (χ2v) is 4.74. The van der Waals surface area contributed by atoms with Gasteiger partial charge in [0.2, 0.25) is 0 Å². The Morgan fingerprint density at radius 3 is 3.00 bits per heavy atom. The molecular weight excluding hydrogens is 236 g/mol. The summed E-state index contributed by atoms with van der Waals surface area (Å²) in [6.07, 6.45) is 3.21. The Morgan fingerprint density at radius 2 is 2.29 bits per heavy atom. The first-order chi connectivity index (χ1) is 8.26. The Balaban J connectivity index is 2.35. The molecule has 1 unspecified atom stereocenters. The normalized spacial score (nSPS) is 20.1. The predicted molar refractivity (Wildman–Crippen MR) is 68.2 cm³/mol. The highest BCUT2D eigenvalue weighted by Gasteiger charge is 2.23. The molecule has 1 fully saturated rings. The van der Waals surface area contributed by atoms with E-state index in [1.54, 1.807) is 12.1 Å². The Labute approximate surface area is 106 Å². The molecule has 0 aromatic heterocycles. The predicted octanol–water partition coefficient (Wildman–Crippen LogP) is 2.56. The van der Waals surface area contributed by atoms with Crippen LogP contribution in [0.25, 0.3) is 0 Å². The van der Waals surface area contributed by atoms with Crippen LogP contribution in [0.2, 0.25) is 5.02 Å². The molecule has 0 bridgehead atoms.